The van der Waals surface area contributed by atoms with Crippen LogP contribution in [0.15, 0.2) is 30.3 Å². The molecule has 0 saturated heterocycles. The molecule has 0 heterocycles. The van der Waals surface area contributed by atoms with Gasteiger partial charge < -0.3 is 4.74 Å². The van der Waals surface area contributed by atoms with E-state index in [4.69, 9.17) is 10.00 Å². The van der Waals surface area contributed by atoms with Crippen LogP contribution in [0.4, 0.5) is 4.39 Å². The smallest absolute Gasteiger partial charge is 0.124 e. The van der Waals surface area contributed by atoms with E-state index in [1.165, 1.54) is 12.1 Å². The number of hydrogen-bond donors (Lipinski definition) is 0. The van der Waals surface area contributed by atoms with Crippen molar-refractivity contribution in [1.29, 1.82) is 5.26 Å². The van der Waals surface area contributed by atoms with Crippen LogP contribution in [0.1, 0.15) is 27.8 Å². The Morgan fingerprint density at radius 2 is 1.85 bits per heavy atom. The van der Waals surface area contributed by atoms with Crippen molar-refractivity contribution in [3.05, 3.63) is 64.0 Å². The van der Waals surface area contributed by atoms with Gasteiger partial charge in [0.2, 0.25) is 0 Å². The second-order valence-corrected chi connectivity index (χ2v) is 4.95. The highest BCUT2D eigenvalue weighted by Gasteiger charge is 2.06. The molecule has 2 nitrogen and oxygen atoms in total. The lowest BCUT2D eigenvalue weighted by molar-refractivity contribution is 0.303. The molecule has 0 aromatic heterocycles. The highest BCUT2D eigenvalue weighted by atomic mass is 19.1. The van der Waals surface area contributed by atoms with E-state index in [0.29, 0.717) is 11.1 Å². The molecule has 3 heteroatoms. The molecule has 0 aliphatic heterocycles. The number of hydrogen-bond acceptors (Lipinski definition) is 2. The molecule has 0 atom stereocenters. The second kappa shape index (κ2) is 5.75. The minimum atomic E-state index is -0.417. The Morgan fingerprint density at radius 3 is 2.55 bits per heavy atom. The van der Waals surface area contributed by atoms with E-state index in [9.17, 15) is 4.39 Å². The van der Waals surface area contributed by atoms with Crippen molar-refractivity contribution in [3.63, 3.8) is 0 Å². The Kier molecular flexibility index (Phi) is 4.05. The van der Waals surface area contributed by atoms with Gasteiger partial charge in [-0.3, -0.25) is 0 Å². The number of aryl methyl sites for hydroxylation is 2. The first-order valence-electron chi connectivity index (χ1n) is 6.40. The molecule has 102 valence electrons. The summed E-state index contributed by atoms with van der Waals surface area (Å²) in [5.41, 5.74) is 4.32. The average molecular weight is 269 g/mol. The first-order chi connectivity index (χ1) is 9.49. The summed E-state index contributed by atoms with van der Waals surface area (Å²) in [5.74, 6) is 0.380. The van der Waals surface area contributed by atoms with E-state index in [0.717, 1.165) is 22.4 Å². The third kappa shape index (κ3) is 3.16. The summed E-state index contributed by atoms with van der Waals surface area (Å²) in [6.45, 7) is 6.28. The Bertz CT molecular complexity index is 686. The molecule has 0 radical (unpaired) electrons. The van der Waals surface area contributed by atoms with Crippen LogP contribution >= 0.6 is 0 Å². The number of nitriles is 1. The van der Waals surface area contributed by atoms with Crippen molar-refractivity contribution < 1.29 is 9.13 Å². The van der Waals surface area contributed by atoms with Gasteiger partial charge in [0.25, 0.3) is 0 Å². The number of ether oxygens (including phenoxy) is 1. The monoisotopic (exact) mass is 269 g/mol. The number of nitrogens with zero attached hydrogens (tertiary/aromatic N) is 1. The molecule has 0 aliphatic carbocycles. The summed E-state index contributed by atoms with van der Waals surface area (Å²) < 4.78 is 19.1. The molecule has 0 amide bonds. The van der Waals surface area contributed by atoms with Crippen LogP contribution < -0.4 is 4.74 Å². The average Bonchev–Trinajstić information content (AvgIpc) is 2.40. The van der Waals surface area contributed by atoms with E-state index < -0.39 is 5.82 Å². The zero-order valence-corrected chi connectivity index (χ0v) is 11.8. The van der Waals surface area contributed by atoms with Crippen molar-refractivity contribution in [3.8, 4) is 11.8 Å². The van der Waals surface area contributed by atoms with Crippen molar-refractivity contribution in [2.45, 2.75) is 27.4 Å². The first-order valence-corrected chi connectivity index (χ1v) is 6.40. The van der Waals surface area contributed by atoms with Gasteiger partial charge in [-0.05, 0) is 67.3 Å². The Hall–Kier alpha value is -2.34. The van der Waals surface area contributed by atoms with Gasteiger partial charge >= 0.3 is 0 Å². The Labute approximate surface area is 118 Å². The van der Waals surface area contributed by atoms with Crippen LogP contribution in [0.2, 0.25) is 0 Å². The van der Waals surface area contributed by atoms with Gasteiger partial charge in [0.15, 0.2) is 0 Å². The molecular weight excluding hydrogens is 253 g/mol. The highest BCUT2D eigenvalue weighted by molar-refractivity contribution is 5.42. The molecule has 0 spiro atoms. The van der Waals surface area contributed by atoms with Crippen molar-refractivity contribution in [2.75, 3.05) is 0 Å². The van der Waals surface area contributed by atoms with E-state index >= 15 is 0 Å². The molecule has 0 saturated carbocycles. The maximum absolute atomic E-state index is 13.3. The van der Waals surface area contributed by atoms with E-state index in [-0.39, 0.29) is 6.61 Å². The normalized spacial score (nSPS) is 10.2. The maximum atomic E-state index is 13.3. The summed E-state index contributed by atoms with van der Waals surface area (Å²) in [7, 11) is 0. The SMILES string of the molecule is Cc1cc(C)c(C)c(OCc2cc(F)cc(C#N)c2)c1. The fourth-order valence-electron chi connectivity index (χ4n) is 2.11. The Morgan fingerprint density at radius 1 is 1.10 bits per heavy atom. The zero-order valence-electron chi connectivity index (χ0n) is 11.8. The van der Waals surface area contributed by atoms with Gasteiger partial charge in [-0.1, -0.05) is 6.07 Å². The van der Waals surface area contributed by atoms with E-state index in [1.54, 1.807) is 6.07 Å². The minimum Gasteiger partial charge on any atom is -0.489 e. The van der Waals surface area contributed by atoms with E-state index in [1.807, 2.05) is 32.9 Å². The Balaban J connectivity index is 2.21. The van der Waals surface area contributed by atoms with Crippen LogP contribution in [-0.2, 0) is 6.61 Å². The van der Waals surface area contributed by atoms with Crippen LogP contribution in [0.25, 0.3) is 0 Å². The largest absolute Gasteiger partial charge is 0.489 e. The zero-order chi connectivity index (χ0) is 14.7. The van der Waals surface area contributed by atoms with Gasteiger partial charge in [0, 0.05) is 0 Å². The first kappa shape index (κ1) is 14.1. The molecular formula is C17H16FNO. The van der Waals surface area contributed by atoms with Gasteiger partial charge in [0.05, 0.1) is 11.6 Å². The molecule has 20 heavy (non-hydrogen) atoms. The van der Waals surface area contributed by atoms with Crippen LogP contribution in [0.3, 0.4) is 0 Å². The predicted molar refractivity (Wildman–Crippen MR) is 76.1 cm³/mol. The third-order valence-electron chi connectivity index (χ3n) is 3.25. The standard InChI is InChI=1S/C17H16FNO/c1-11-4-12(2)13(3)17(5-11)20-10-15-6-14(9-19)7-16(18)8-15/h4-8H,10H2,1-3H3. The number of rotatable bonds is 3. The summed E-state index contributed by atoms with van der Waals surface area (Å²) >= 11 is 0. The molecule has 2 rings (SSSR count). The second-order valence-electron chi connectivity index (χ2n) is 4.95. The predicted octanol–water partition coefficient (Wildman–Crippen LogP) is 4.20. The molecule has 0 N–H and O–H groups in total. The van der Waals surface area contributed by atoms with Crippen molar-refractivity contribution >= 4 is 0 Å². The van der Waals surface area contributed by atoms with Crippen LogP contribution in [0, 0.1) is 37.9 Å². The number of benzene rings is 2. The molecule has 2 aromatic carbocycles. The quantitative estimate of drug-likeness (QED) is 0.836. The fraction of sp³-hybridized carbons (Fsp3) is 0.235. The van der Waals surface area contributed by atoms with Gasteiger partial charge in [0.1, 0.15) is 18.2 Å². The van der Waals surface area contributed by atoms with Crippen LogP contribution in [0.5, 0.6) is 5.75 Å². The summed E-state index contributed by atoms with van der Waals surface area (Å²) in [6, 6.07) is 10.2. The lowest BCUT2D eigenvalue weighted by Crippen LogP contribution is -2.00. The lowest BCUT2D eigenvalue weighted by Gasteiger charge is -2.12. The summed E-state index contributed by atoms with van der Waals surface area (Å²) in [6.07, 6.45) is 0. The van der Waals surface area contributed by atoms with Gasteiger partial charge in [-0.2, -0.15) is 5.26 Å². The van der Waals surface area contributed by atoms with Crippen molar-refractivity contribution in [2.24, 2.45) is 0 Å². The third-order valence-corrected chi connectivity index (χ3v) is 3.25. The molecule has 2 aromatic rings. The highest BCUT2D eigenvalue weighted by Crippen LogP contribution is 2.24. The number of halogens is 1. The topological polar surface area (TPSA) is 33.0 Å². The van der Waals surface area contributed by atoms with Crippen LogP contribution in [-0.4, -0.2) is 0 Å². The van der Waals surface area contributed by atoms with Gasteiger partial charge in [-0.15, -0.1) is 0 Å². The van der Waals surface area contributed by atoms with Gasteiger partial charge in [-0.25, -0.2) is 4.39 Å². The van der Waals surface area contributed by atoms with E-state index in [2.05, 4.69) is 6.07 Å². The summed E-state index contributed by atoms with van der Waals surface area (Å²) in [4.78, 5) is 0. The summed E-state index contributed by atoms with van der Waals surface area (Å²) in [5, 5.41) is 8.83. The van der Waals surface area contributed by atoms with Crippen molar-refractivity contribution in [1.82, 2.24) is 0 Å². The molecule has 0 unspecified atom stereocenters. The fourth-order valence-corrected chi connectivity index (χ4v) is 2.11. The lowest BCUT2D eigenvalue weighted by atomic mass is 10.1. The minimum absolute atomic E-state index is 0.246. The maximum Gasteiger partial charge on any atom is 0.124 e. The molecule has 0 bridgehead atoms. The molecule has 0 fully saturated rings. The molecule has 0 aliphatic rings.